The Morgan fingerprint density at radius 3 is 2.80 bits per heavy atom. The summed E-state index contributed by atoms with van der Waals surface area (Å²) in [6.07, 6.45) is 1.47. The topological polar surface area (TPSA) is 91.8 Å². The minimum atomic E-state index is -0.390. The largest absolute Gasteiger partial charge is 0.366 e. The molecule has 0 saturated heterocycles. The van der Waals surface area contributed by atoms with Gasteiger partial charge >= 0.3 is 0 Å². The summed E-state index contributed by atoms with van der Waals surface area (Å²) in [5.41, 5.74) is 2.07. The fourth-order valence-electron chi connectivity index (χ4n) is 1.81. The summed E-state index contributed by atoms with van der Waals surface area (Å²) in [4.78, 5) is 14.6. The van der Waals surface area contributed by atoms with Crippen molar-refractivity contribution in [3.63, 3.8) is 0 Å². The third-order valence-corrected chi connectivity index (χ3v) is 2.97. The highest BCUT2D eigenvalue weighted by Crippen LogP contribution is 2.21. The van der Waals surface area contributed by atoms with Crippen molar-refractivity contribution in [2.75, 3.05) is 5.32 Å². The number of pyridine rings is 1. The van der Waals surface area contributed by atoms with E-state index in [0.29, 0.717) is 23.5 Å². The van der Waals surface area contributed by atoms with Gasteiger partial charge in [-0.25, -0.2) is 4.98 Å². The molecule has 0 atom stereocenters. The number of rotatable bonds is 4. The van der Waals surface area contributed by atoms with Crippen molar-refractivity contribution in [3.8, 4) is 6.07 Å². The molecule has 0 amide bonds. The van der Waals surface area contributed by atoms with E-state index in [1.54, 1.807) is 25.1 Å². The second kappa shape index (κ2) is 5.80. The van der Waals surface area contributed by atoms with Crippen LogP contribution in [0.3, 0.4) is 0 Å². The van der Waals surface area contributed by atoms with Gasteiger partial charge in [-0.3, -0.25) is 10.1 Å². The Morgan fingerprint density at radius 2 is 2.20 bits per heavy atom. The van der Waals surface area contributed by atoms with Gasteiger partial charge in [-0.15, -0.1) is 0 Å². The molecule has 0 unspecified atom stereocenters. The van der Waals surface area contributed by atoms with Crippen molar-refractivity contribution < 1.29 is 4.92 Å². The lowest BCUT2D eigenvalue weighted by Gasteiger charge is -2.08. The molecule has 0 fully saturated rings. The third kappa shape index (κ3) is 2.90. The molecule has 20 heavy (non-hydrogen) atoms. The fraction of sp³-hybridized carbons (Fsp3) is 0.143. The minimum absolute atomic E-state index is 0.108. The zero-order chi connectivity index (χ0) is 14.5. The summed E-state index contributed by atoms with van der Waals surface area (Å²) >= 11 is 0. The molecule has 0 radical (unpaired) electrons. The van der Waals surface area contributed by atoms with Gasteiger partial charge in [0.1, 0.15) is 11.9 Å². The second-order valence-electron chi connectivity index (χ2n) is 4.22. The summed E-state index contributed by atoms with van der Waals surface area (Å²) in [6.45, 7) is 2.16. The molecule has 6 heteroatoms. The standard InChI is InChI=1S/C14H12N4O2/c1-10-12(3-2-4-13(10)18(19)20)9-17-14-6-5-11(7-15)8-16-14/h2-6,8H,9H2,1H3,(H,16,17). The molecule has 2 rings (SSSR count). The van der Waals surface area contributed by atoms with E-state index in [2.05, 4.69) is 10.3 Å². The third-order valence-electron chi connectivity index (χ3n) is 2.97. The molecule has 0 saturated carbocycles. The Bertz CT molecular complexity index is 675. The van der Waals surface area contributed by atoms with E-state index in [9.17, 15) is 10.1 Å². The van der Waals surface area contributed by atoms with Crippen LogP contribution in [0.1, 0.15) is 16.7 Å². The predicted octanol–water partition coefficient (Wildman–Crippen LogP) is 2.78. The average molecular weight is 268 g/mol. The highest BCUT2D eigenvalue weighted by Gasteiger charge is 2.12. The van der Waals surface area contributed by atoms with Crippen LogP contribution in [0.25, 0.3) is 0 Å². The van der Waals surface area contributed by atoms with Crippen molar-refractivity contribution in [1.29, 1.82) is 5.26 Å². The Kier molecular flexibility index (Phi) is 3.91. The lowest BCUT2D eigenvalue weighted by Crippen LogP contribution is -2.04. The van der Waals surface area contributed by atoms with Crippen molar-refractivity contribution in [2.24, 2.45) is 0 Å². The summed E-state index contributed by atoms with van der Waals surface area (Å²) in [5.74, 6) is 0.620. The zero-order valence-corrected chi connectivity index (χ0v) is 10.8. The number of benzene rings is 1. The molecule has 2 aromatic rings. The molecule has 0 bridgehead atoms. The molecular formula is C14H12N4O2. The van der Waals surface area contributed by atoms with E-state index in [4.69, 9.17) is 5.26 Å². The summed E-state index contributed by atoms with van der Waals surface area (Å²) in [7, 11) is 0. The quantitative estimate of drug-likeness (QED) is 0.680. The van der Waals surface area contributed by atoms with E-state index in [0.717, 1.165) is 5.56 Å². The molecule has 6 nitrogen and oxygen atoms in total. The van der Waals surface area contributed by atoms with Crippen LogP contribution in [-0.2, 0) is 6.54 Å². The Hall–Kier alpha value is -2.94. The lowest BCUT2D eigenvalue weighted by atomic mass is 10.1. The first-order chi connectivity index (χ1) is 9.61. The van der Waals surface area contributed by atoms with Gasteiger partial charge in [0, 0.05) is 24.4 Å². The number of nitro benzene ring substituents is 1. The van der Waals surface area contributed by atoms with Crippen LogP contribution in [0.2, 0.25) is 0 Å². The molecule has 100 valence electrons. The van der Waals surface area contributed by atoms with E-state index < -0.39 is 4.92 Å². The van der Waals surface area contributed by atoms with Gasteiger partial charge in [0.15, 0.2) is 0 Å². The van der Waals surface area contributed by atoms with Gasteiger partial charge in [-0.05, 0) is 24.6 Å². The molecule has 1 aromatic carbocycles. The number of hydrogen-bond donors (Lipinski definition) is 1. The number of anilines is 1. The predicted molar refractivity (Wildman–Crippen MR) is 74.1 cm³/mol. The zero-order valence-electron chi connectivity index (χ0n) is 10.8. The first kappa shape index (κ1) is 13.5. The van der Waals surface area contributed by atoms with Crippen LogP contribution in [0.4, 0.5) is 11.5 Å². The van der Waals surface area contributed by atoms with Gasteiger partial charge in [-0.1, -0.05) is 12.1 Å². The maximum Gasteiger partial charge on any atom is 0.272 e. The molecule has 1 aromatic heterocycles. The first-order valence-electron chi connectivity index (χ1n) is 5.94. The summed E-state index contributed by atoms with van der Waals surface area (Å²) in [5, 5.41) is 22.6. The van der Waals surface area contributed by atoms with Crippen LogP contribution in [0.15, 0.2) is 36.5 Å². The summed E-state index contributed by atoms with van der Waals surface area (Å²) in [6, 6.07) is 10.3. The maximum atomic E-state index is 10.9. The molecule has 1 N–H and O–H groups in total. The van der Waals surface area contributed by atoms with Crippen LogP contribution >= 0.6 is 0 Å². The molecule has 0 aliphatic rings. The summed E-state index contributed by atoms with van der Waals surface area (Å²) < 4.78 is 0. The number of aromatic nitrogens is 1. The molecular weight excluding hydrogens is 256 g/mol. The van der Waals surface area contributed by atoms with Gasteiger partial charge in [-0.2, -0.15) is 5.26 Å². The molecule has 0 spiro atoms. The van der Waals surface area contributed by atoms with Crippen molar-refractivity contribution in [3.05, 3.63) is 63.3 Å². The van der Waals surface area contributed by atoms with Gasteiger partial charge in [0.2, 0.25) is 0 Å². The monoisotopic (exact) mass is 268 g/mol. The lowest BCUT2D eigenvalue weighted by molar-refractivity contribution is -0.385. The van der Waals surface area contributed by atoms with E-state index in [1.165, 1.54) is 12.3 Å². The first-order valence-corrected chi connectivity index (χ1v) is 5.94. The maximum absolute atomic E-state index is 10.9. The minimum Gasteiger partial charge on any atom is -0.366 e. The number of nitrogens with one attached hydrogen (secondary N) is 1. The van der Waals surface area contributed by atoms with E-state index in [1.807, 2.05) is 12.1 Å². The fourth-order valence-corrected chi connectivity index (χ4v) is 1.81. The number of nitrogens with zero attached hydrogens (tertiary/aromatic N) is 3. The highest BCUT2D eigenvalue weighted by atomic mass is 16.6. The molecule has 0 aliphatic carbocycles. The Labute approximate surface area is 115 Å². The van der Waals surface area contributed by atoms with Crippen molar-refractivity contribution in [1.82, 2.24) is 4.98 Å². The number of hydrogen-bond acceptors (Lipinski definition) is 5. The van der Waals surface area contributed by atoms with Crippen LogP contribution in [0.5, 0.6) is 0 Å². The van der Waals surface area contributed by atoms with E-state index >= 15 is 0 Å². The van der Waals surface area contributed by atoms with E-state index in [-0.39, 0.29) is 5.69 Å². The van der Waals surface area contributed by atoms with Crippen LogP contribution in [0, 0.1) is 28.4 Å². The smallest absolute Gasteiger partial charge is 0.272 e. The van der Waals surface area contributed by atoms with Gasteiger partial charge in [0.05, 0.1) is 10.5 Å². The van der Waals surface area contributed by atoms with Crippen LogP contribution < -0.4 is 5.32 Å². The number of nitro groups is 1. The highest BCUT2D eigenvalue weighted by molar-refractivity contribution is 5.46. The van der Waals surface area contributed by atoms with Crippen molar-refractivity contribution >= 4 is 11.5 Å². The molecule has 0 aliphatic heterocycles. The van der Waals surface area contributed by atoms with Gasteiger partial charge < -0.3 is 5.32 Å². The normalized spacial score (nSPS) is 9.80. The SMILES string of the molecule is Cc1c(CNc2ccc(C#N)cn2)cccc1[N+](=O)[O-]. The molecule has 1 heterocycles. The van der Waals surface area contributed by atoms with Gasteiger partial charge in [0.25, 0.3) is 5.69 Å². The Balaban J connectivity index is 2.13. The number of nitriles is 1. The van der Waals surface area contributed by atoms with Crippen molar-refractivity contribution in [2.45, 2.75) is 13.5 Å². The average Bonchev–Trinajstić information content (AvgIpc) is 2.46. The second-order valence-corrected chi connectivity index (χ2v) is 4.22. The Morgan fingerprint density at radius 1 is 1.40 bits per heavy atom. The van der Waals surface area contributed by atoms with Crippen LogP contribution in [-0.4, -0.2) is 9.91 Å².